The van der Waals surface area contributed by atoms with Crippen LogP contribution < -0.4 is 5.32 Å². The van der Waals surface area contributed by atoms with Crippen molar-refractivity contribution in [3.05, 3.63) is 59.5 Å². The number of rotatable bonds is 5. The number of hydrogen-bond acceptors (Lipinski definition) is 5. The van der Waals surface area contributed by atoms with Gasteiger partial charge in [-0.1, -0.05) is 12.1 Å². The minimum absolute atomic E-state index is 0.147. The van der Waals surface area contributed by atoms with Crippen molar-refractivity contribution in [3.8, 4) is 10.6 Å². The fourth-order valence-electron chi connectivity index (χ4n) is 2.66. The summed E-state index contributed by atoms with van der Waals surface area (Å²) in [6.45, 7) is 0.480. The van der Waals surface area contributed by atoms with E-state index in [1.54, 1.807) is 23.1 Å². The second-order valence-electron chi connectivity index (χ2n) is 5.57. The number of aromatic nitrogens is 5. The molecule has 0 saturated carbocycles. The molecule has 0 aliphatic rings. The van der Waals surface area contributed by atoms with Gasteiger partial charge in [-0.25, -0.2) is 0 Å². The average Bonchev–Trinajstić information content (AvgIpc) is 3.34. The molecule has 8 heteroatoms. The molecule has 0 bridgehead atoms. The topological polar surface area (TPSA) is 77.1 Å². The Balaban J connectivity index is 1.42. The molecule has 25 heavy (non-hydrogen) atoms. The molecule has 4 aromatic rings. The van der Waals surface area contributed by atoms with Crippen LogP contribution in [0, 0.1) is 0 Å². The van der Waals surface area contributed by atoms with Gasteiger partial charge in [-0.15, -0.1) is 21.5 Å². The van der Waals surface area contributed by atoms with Gasteiger partial charge in [-0.2, -0.15) is 5.10 Å². The number of amides is 1. The predicted molar refractivity (Wildman–Crippen MR) is 95.5 cm³/mol. The molecular formula is C17H16N6OS. The van der Waals surface area contributed by atoms with Crippen molar-refractivity contribution in [2.45, 2.75) is 6.42 Å². The van der Waals surface area contributed by atoms with Crippen LogP contribution in [-0.4, -0.2) is 36.8 Å². The van der Waals surface area contributed by atoms with E-state index in [2.05, 4.69) is 20.6 Å². The largest absolute Gasteiger partial charge is 0.350 e. The number of hydrogen-bond donors (Lipinski definition) is 1. The lowest BCUT2D eigenvalue weighted by Crippen LogP contribution is -2.28. The fourth-order valence-corrected chi connectivity index (χ4v) is 3.35. The summed E-state index contributed by atoms with van der Waals surface area (Å²) in [7, 11) is 1.78. The van der Waals surface area contributed by atoms with E-state index in [-0.39, 0.29) is 5.91 Å². The summed E-state index contributed by atoms with van der Waals surface area (Å²) >= 11 is 1.60. The molecular weight excluding hydrogens is 336 g/mol. The van der Waals surface area contributed by atoms with Crippen molar-refractivity contribution in [2.24, 2.45) is 7.05 Å². The highest BCUT2D eigenvalue weighted by Crippen LogP contribution is 2.23. The molecule has 0 fully saturated rings. The van der Waals surface area contributed by atoms with Crippen LogP contribution in [0.3, 0.4) is 0 Å². The lowest BCUT2D eigenvalue weighted by atomic mass is 10.3. The first-order chi connectivity index (χ1) is 12.2. The number of fused-ring (bicyclic) bond motifs is 1. The van der Waals surface area contributed by atoms with Crippen LogP contribution in [0.25, 0.3) is 16.2 Å². The molecule has 0 aromatic carbocycles. The number of nitrogens with one attached hydrogen (secondary N) is 1. The quantitative estimate of drug-likeness (QED) is 0.597. The van der Waals surface area contributed by atoms with Crippen LogP contribution in [0.2, 0.25) is 0 Å². The van der Waals surface area contributed by atoms with Crippen LogP contribution in [-0.2, 0) is 13.5 Å². The summed E-state index contributed by atoms with van der Waals surface area (Å²) in [5.41, 5.74) is 2.15. The highest BCUT2D eigenvalue weighted by molar-refractivity contribution is 7.13. The number of nitrogens with zero attached hydrogens (tertiary/aromatic N) is 5. The second-order valence-corrected chi connectivity index (χ2v) is 6.51. The minimum atomic E-state index is -0.147. The lowest BCUT2D eigenvalue weighted by Gasteiger charge is -2.04. The number of pyridine rings is 1. The standard InChI is InChI=1S/C17H16N6OS/c1-22-13(11-12(21-22)14-5-4-10-25-14)17(24)18-8-7-16-20-19-15-6-2-3-9-23(15)16/h2-6,9-11H,7-8H2,1H3,(H,18,24). The molecule has 0 unspecified atom stereocenters. The van der Waals surface area contributed by atoms with Gasteiger partial charge in [0.25, 0.3) is 5.91 Å². The molecule has 4 heterocycles. The number of aryl methyl sites for hydroxylation is 1. The highest BCUT2D eigenvalue weighted by atomic mass is 32.1. The average molecular weight is 352 g/mol. The van der Waals surface area contributed by atoms with Gasteiger partial charge in [0.1, 0.15) is 17.2 Å². The van der Waals surface area contributed by atoms with Gasteiger partial charge >= 0.3 is 0 Å². The van der Waals surface area contributed by atoms with Crippen LogP contribution >= 0.6 is 11.3 Å². The maximum atomic E-state index is 12.4. The Morgan fingerprint density at radius 3 is 3.00 bits per heavy atom. The predicted octanol–water partition coefficient (Wildman–Crippen LogP) is 2.16. The van der Waals surface area contributed by atoms with Gasteiger partial charge in [0.15, 0.2) is 5.65 Å². The molecule has 0 saturated heterocycles. The van der Waals surface area contributed by atoms with Crippen LogP contribution in [0.5, 0.6) is 0 Å². The van der Waals surface area contributed by atoms with E-state index in [1.165, 1.54) is 0 Å². The summed E-state index contributed by atoms with van der Waals surface area (Å²) in [6.07, 6.45) is 2.52. The Morgan fingerprint density at radius 1 is 1.24 bits per heavy atom. The van der Waals surface area contributed by atoms with E-state index in [0.29, 0.717) is 18.7 Å². The first kappa shape index (κ1) is 15.5. The molecule has 0 atom stereocenters. The monoisotopic (exact) mass is 352 g/mol. The van der Waals surface area contributed by atoms with E-state index < -0.39 is 0 Å². The third-order valence-corrected chi connectivity index (χ3v) is 4.80. The maximum Gasteiger partial charge on any atom is 0.269 e. The van der Waals surface area contributed by atoms with Crippen molar-refractivity contribution < 1.29 is 4.79 Å². The van der Waals surface area contributed by atoms with Crippen LogP contribution in [0.4, 0.5) is 0 Å². The van der Waals surface area contributed by atoms with Crippen LogP contribution in [0.15, 0.2) is 48.0 Å². The van der Waals surface area contributed by atoms with E-state index >= 15 is 0 Å². The Hall–Kier alpha value is -3.00. The van der Waals surface area contributed by atoms with E-state index in [9.17, 15) is 4.79 Å². The molecule has 7 nitrogen and oxygen atoms in total. The van der Waals surface area contributed by atoms with Gasteiger partial charge in [0, 0.05) is 26.2 Å². The summed E-state index contributed by atoms with van der Waals surface area (Å²) < 4.78 is 3.53. The second kappa shape index (κ2) is 6.48. The smallest absolute Gasteiger partial charge is 0.269 e. The maximum absolute atomic E-state index is 12.4. The molecule has 0 aliphatic heterocycles. The third kappa shape index (κ3) is 3.03. The number of carbonyl (C=O) groups is 1. The van der Waals surface area contributed by atoms with Crippen molar-refractivity contribution in [1.29, 1.82) is 0 Å². The SMILES string of the molecule is Cn1nc(-c2cccs2)cc1C(=O)NCCc1nnc2ccccn12. The molecule has 0 aliphatic carbocycles. The van der Waals surface area contributed by atoms with E-state index in [4.69, 9.17) is 0 Å². The van der Waals surface area contributed by atoms with Crippen molar-refractivity contribution in [2.75, 3.05) is 6.54 Å². The highest BCUT2D eigenvalue weighted by Gasteiger charge is 2.15. The zero-order chi connectivity index (χ0) is 17.2. The normalized spacial score (nSPS) is 11.1. The number of thiophene rings is 1. The summed E-state index contributed by atoms with van der Waals surface area (Å²) in [5, 5.41) is 17.6. The molecule has 1 N–H and O–H groups in total. The van der Waals surface area contributed by atoms with E-state index in [0.717, 1.165) is 22.0 Å². The Morgan fingerprint density at radius 2 is 2.16 bits per heavy atom. The summed E-state index contributed by atoms with van der Waals surface area (Å²) in [6, 6.07) is 11.5. The van der Waals surface area contributed by atoms with Crippen LogP contribution in [0.1, 0.15) is 16.3 Å². The molecule has 4 rings (SSSR count). The minimum Gasteiger partial charge on any atom is -0.350 e. The van der Waals surface area contributed by atoms with Crippen molar-refractivity contribution in [3.63, 3.8) is 0 Å². The van der Waals surface area contributed by atoms with Gasteiger partial charge in [0.05, 0.1) is 4.88 Å². The first-order valence-corrected chi connectivity index (χ1v) is 8.75. The molecule has 4 aromatic heterocycles. The van der Waals surface area contributed by atoms with Gasteiger partial charge in [0.2, 0.25) is 0 Å². The molecule has 1 amide bonds. The van der Waals surface area contributed by atoms with Gasteiger partial charge in [-0.05, 0) is 29.6 Å². The van der Waals surface area contributed by atoms with Gasteiger partial charge in [-0.3, -0.25) is 13.9 Å². The number of carbonyl (C=O) groups excluding carboxylic acids is 1. The zero-order valence-electron chi connectivity index (χ0n) is 13.6. The fraction of sp³-hybridized carbons (Fsp3) is 0.176. The summed E-state index contributed by atoms with van der Waals surface area (Å²) in [5.74, 6) is 0.673. The van der Waals surface area contributed by atoms with Gasteiger partial charge < -0.3 is 5.32 Å². The molecule has 0 radical (unpaired) electrons. The molecule has 126 valence electrons. The molecule has 0 spiro atoms. The van der Waals surface area contributed by atoms with Crippen molar-refractivity contribution >= 4 is 22.9 Å². The Kier molecular flexibility index (Phi) is 4.02. The van der Waals surface area contributed by atoms with E-state index in [1.807, 2.05) is 52.4 Å². The third-order valence-electron chi connectivity index (χ3n) is 3.90. The Bertz CT molecular complexity index is 1020. The van der Waals surface area contributed by atoms with Crippen molar-refractivity contribution in [1.82, 2.24) is 29.7 Å². The lowest BCUT2D eigenvalue weighted by molar-refractivity contribution is 0.0944. The first-order valence-electron chi connectivity index (χ1n) is 7.87. The zero-order valence-corrected chi connectivity index (χ0v) is 14.4. The Labute approximate surface area is 147 Å². The summed E-state index contributed by atoms with van der Waals surface area (Å²) in [4.78, 5) is 13.5.